The molecular weight excluding hydrogens is 349 g/mol. The highest BCUT2D eigenvalue weighted by Gasteiger charge is 2.30. The first-order chi connectivity index (χ1) is 9.77. The summed E-state index contributed by atoms with van der Waals surface area (Å²) in [7, 11) is 1.71. The van der Waals surface area contributed by atoms with Gasteiger partial charge in [-0.15, -0.1) is 0 Å². The number of hydrogen-bond donors (Lipinski definition) is 1. The van der Waals surface area contributed by atoms with E-state index in [0.29, 0.717) is 11.3 Å². The van der Waals surface area contributed by atoms with Crippen molar-refractivity contribution in [1.29, 1.82) is 0 Å². The average Bonchev–Trinajstić information content (AvgIpc) is 2.74. The molecule has 0 radical (unpaired) electrons. The van der Waals surface area contributed by atoms with Gasteiger partial charge in [-0.1, -0.05) is 12.1 Å². The van der Waals surface area contributed by atoms with Gasteiger partial charge in [-0.05, 0) is 39.7 Å². The molecule has 1 amide bonds. The van der Waals surface area contributed by atoms with E-state index in [9.17, 15) is 18.0 Å². The highest BCUT2D eigenvalue weighted by atomic mass is 79.9. The van der Waals surface area contributed by atoms with Crippen molar-refractivity contribution in [2.75, 3.05) is 0 Å². The third-order valence-electron chi connectivity index (χ3n) is 2.91. The molecule has 21 heavy (non-hydrogen) atoms. The fraction of sp³-hybridized carbons (Fsp3) is 0.214. The topological polar surface area (TPSA) is 34.0 Å². The highest BCUT2D eigenvalue weighted by molar-refractivity contribution is 9.10. The molecule has 112 valence electrons. The highest BCUT2D eigenvalue weighted by Crippen LogP contribution is 2.29. The minimum atomic E-state index is -4.39. The third-order valence-corrected chi connectivity index (χ3v) is 3.35. The normalized spacial score (nSPS) is 11.5. The standard InChI is InChI=1S/C14H12BrF3N2O/c1-20-8-11(15)6-12(20)13(21)19-7-9-3-2-4-10(5-9)14(16,17)18/h2-6,8H,7H2,1H3,(H,19,21). The van der Waals surface area contributed by atoms with Gasteiger partial charge >= 0.3 is 6.18 Å². The fourth-order valence-electron chi connectivity index (χ4n) is 1.88. The van der Waals surface area contributed by atoms with Crippen molar-refractivity contribution < 1.29 is 18.0 Å². The molecule has 2 aromatic rings. The van der Waals surface area contributed by atoms with Crippen molar-refractivity contribution in [2.45, 2.75) is 12.7 Å². The second-order valence-corrected chi connectivity index (χ2v) is 5.45. The molecule has 0 aliphatic heterocycles. The van der Waals surface area contributed by atoms with Crippen LogP contribution < -0.4 is 5.32 Å². The van der Waals surface area contributed by atoms with Crippen molar-refractivity contribution in [3.63, 3.8) is 0 Å². The van der Waals surface area contributed by atoms with E-state index < -0.39 is 11.7 Å². The van der Waals surface area contributed by atoms with Gasteiger partial charge in [0.1, 0.15) is 5.69 Å². The summed E-state index contributed by atoms with van der Waals surface area (Å²) < 4.78 is 40.2. The van der Waals surface area contributed by atoms with E-state index in [-0.39, 0.29) is 12.5 Å². The van der Waals surface area contributed by atoms with Crippen molar-refractivity contribution in [3.05, 3.63) is 57.8 Å². The molecule has 1 N–H and O–H groups in total. The van der Waals surface area contributed by atoms with Crippen LogP contribution in [0.4, 0.5) is 13.2 Å². The maximum atomic E-state index is 12.6. The Morgan fingerprint density at radius 1 is 1.33 bits per heavy atom. The molecule has 3 nitrogen and oxygen atoms in total. The maximum absolute atomic E-state index is 12.6. The number of carbonyl (C=O) groups is 1. The number of nitrogens with zero attached hydrogens (tertiary/aromatic N) is 1. The predicted octanol–water partition coefficient (Wildman–Crippen LogP) is 3.74. The molecule has 1 heterocycles. The van der Waals surface area contributed by atoms with Crippen LogP contribution in [0.1, 0.15) is 21.6 Å². The van der Waals surface area contributed by atoms with Crippen LogP contribution in [0.3, 0.4) is 0 Å². The Bertz CT molecular complexity index is 664. The molecule has 0 fully saturated rings. The van der Waals surface area contributed by atoms with E-state index in [4.69, 9.17) is 0 Å². The van der Waals surface area contributed by atoms with Gasteiger partial charge in [0.25, 0.3) is 5.91 Å². The predicted molar refractivity (Wildman–Crippen MR) is 75.7 cm³/mol. The van der Waals surface area contributed by atoms with Gasteiger partial charge in [-0.25, -0.2) is 0 Å². The first-order valence-electron chi connectivity index (χ1n) is 6.03. The molecule has 0 atom stereocenters. The first kappa shape index (κ1) is 15.6. The lowest BCUT2D eigenvalue weighted by Crippen LogP contribution is -2.24. The van der Waals surface area contributed by atoms with E-state index in [0.717, 1.165) is 16.6 Å². The van der Waals surface area contributed by atoms with Crippen LogP contribution in [0.25, 0.3) is 0 Å². The molecule has 0 bridgehead atoms. The van der Waals surface area contributed by atoms with E-state index in [1.165, 1.54) is 12.1 Å². The van der Waals surface area contributed by atoms with Crippen LogP contribution in [0, 0.1) is 0 Å². The number of benzene rings is 1. The summed E-state index contributed by atoms with van der Waals surface area (Å²) in [4.78, 5) is 12.0. The molecule has 0 saturated heterocycles. The zero-order valence-electron chi connectivity index (χ0n) is 11.0. The zero-order chi connectivity index (χ0) is 15.6. The Morgan fingerprint density at radius 2 is 2.05 bits per heavy atom. The summed E-state index contributed by atoms with van der Waals surface area (Å²) in [5.74, 6) is -0.347. The largest absolute Gasteiger partial charge is 0.416 e. The SMILES string of the molecule is Cn1cc(Br)cc1C(=O)NCc1cccc(C(F)(F)F)c1. The Morgan fingerprint density at radius 3 is 2.62 bits per heavy atom. The Balaban J connectivity index is 2.07. The number of amides is 1. The lowest BCUT2D eigenvalue weighted by Gasteiger charge is -2.10. The van der Waals surface area contributed by atoms with E-state index >= 15 is 0 Å². The molecular formula is C14H12BrF3N2O. The van der Waals surface area contributed by atoms with E-state index in [1.54, 1.807) is 23.9 Å². The van der Waals surface area contributed by atoms with Crippen LogP contribution in [-0.4, -0.2) is 10.5 Å². The van der Waals surface area contributed by atoms with Gasteiger partial charge in [0, 0.05) is 24.3 Å². The minimum Gasteiger partial charge on any atom is -0.347 e. The maximum Gasteiger partial charge on any atom is 0.416 e. The Kier molecular flexibility index (Phi) is 4.41. The average molecular weight is 361 g/mol. The molecule has 2 rings (SSSR count). The summed E-state index contributed by atoms with van der Waals surface area (Å²) in [5, 5.41) is 2.60. The molecule has 0 saturated carbocycles. The van der Waals surface area contributed by atoms with Crippen LogP contribution >= 0.6 is 15.9 Å². The second-order valence-electron chi connectivity index (χ2n) is 4.54. The van der Waals surface area contributed by atoms with Crippen LogP contribution in [0.2, 0.25) is 0 Å². The smallest absolute Gasteiger partial charge is 0.347 e. The number of alkyl halides is 3. The van der Waals surface area contributed by atoms with Crippen LogP contribution in [0.5, 0.6) is 0 Å². The van der Waals surface area contributed by atoms with E-state index in [1.807, 2.05) is 0 Å². The number of halogens is 4. The van der Waals surface area contributed by atoms with Gasteiger partial charge in [0.05, 0.1) is 5.56 Å². The number of nitrogens with one attached hydrogen (secondary N) is 1. The van der Waals surface area contributed by atoms with Crippen molar-refractivity contribution in [1.82, 2.24) is 9.88 Å². The van der Waals surface area contributed by atoms with Crippen LogP contribution in [-0.2, 0) is 19.8 Å². The number of carbonyl (C=O) groups excluding carboxylic acids is 1. The van der Waals surface area contributed by atoms with Crippen molar-refractivity contribution >= 4 is 21.8 Å². The summed E-state index contributed by atoms with van der Waals surface area (Å²) in [6.07, 6.45) is -2.66. The lowest BCUT2D eigenvalue weighted by molar-refractivity contribution is -0.137. The molecule has 1 aromatic heterocycles. The van der Waals surface area contributed by atoms with E-state index in [2.05, 4.69) is 21.2 Å². The molecule has 0 aliphatic rings. The quantitative estimate of drug-likeness (QED) is 0.888. The number of aryl methyl sites for hydroxylation is 1. The van der Waals surface area contributed by atoms with Gasteiger partial charge < -0.3 is 9.88 Å². The van der Waals surface area contributed by atoms with Gasteiger partial charge in [-0.3, -0.25) is 4.79 Å². The monoisotopic (exact) mass is 360 g/mol. The molecule has 0 aliphatic carbocycles. The number of rotatable bonds is 3. The number of hydrogen-bond acceptors (Lipinski definition) is 1. The van der Waals surface area contributed by atoms with Gasteiger partial charge in [0.2, 0.25) is 0 Å². The second kappa shape index (κ2) is 5.93. The fourth-order valence-corrected chi connectivity index (χ4v) is 2.40. The third kappa shape index (κ3) is 3.87. The summed E-state index contributed by atoms with van der Waals surface area (Å²) >= 11 is 3.25. The van der Waals surface area contributed by atoms with Gasteiger partial charge in [-0.2, -0.15) is 13.2 Å². The zero-order valence-corrected chi connectivity index (χ0v) is 12.6. The molecule has 0 spiro atoms. The lowest BCUT2D eigenvalue weighted by atomic mass is 10.1. The Labute approximate surface area is 127 Å². The summed E-state index contributed by atoms with van der Waals surface area (Å²) in [5.41, 5.74) is 0.0937. The Hall–Kier alpha value is -1.76. The molecule has 0 unspecified atom stereocenters. The van der Waals surface area contributed by atoms with Crippen LogP contribution in [0.15, 0.2) is 41.0 Å². The summed E-state index contributed by atoms with van der Waals surface area (Å²) in [6.45, 7) is 0.0333. The van der Waals surface area contributed by atoms with Crippen molar-refractivity contribution in [3.8, 4) is 0 Å². The first-order valence-corrected chi connectivity index (χ1v) is 6.83. The van der Waals surface area contributed by atoms with Gasteiger partial charge in [0.15, 0.2) is 0 Å². The number of aromatic nitrogens is 1. The minimum absolute atomic E-state index is 0.0333. The van der Waals surface area contributed by atoms with Crippen molar-refractivity contribution in [2.24, 2.45) is 7.05 Å². The molecule has 1 aromatic carbocycles. The molecule has 7 heteroatoms. The summed E-state index contributed by atoms with van der Waals surface area (Å²) in [6, 6.07) is 6.53.